The third-order valence-corrected chi connectivity index (χ3v) is 11.4. The van der Waals surface area contributed by atoms with Crippen molar-refractivity contribution >= 4 is 11.8 Å². The summed E-state index contributed by atoms with van der Waals surface area (Å²) < 4.78 is 19.3. The molecule has 0 aromatic carbocycles. The highest BCUT2D eigenvalue weighted by molar-refractivity contribution is 5.84. The van der Waals surface area contributed by atoms with E-state index in [2.05, 4.69) is 4.89 Å². The number of Topliss-reactive ketones (excluding diaryl/α,β-unsaturated/α-hetero) is 1. The largest absolute Gasteiger partial charge is 0.392 e. The van der Waals surface area contributed by atoms with E-state index >= 15 is 0 Å². The van der Waals surface area contributed by atoms with E-state index < -0.39 is 65.1 Å². The molecule has 0 amide bonds. The molecule has 0 spiro atoms. The molecule has 10 heteroatoms. The Morgan fingerprint density at radius 3 is 2.12 bits per heavy atom. The maximum absolute atomic E-state index is 14.0. The maximum Gasteiger partial charge on any atom is 0.344 e. The fourth-order valence-corrected chi connectivity index (χ4v) is 8.60. The normalized spacial score (nSPS) is 43.5. The van der Waals surface area contributed by atoms with Crippen LogP contribution in [-0.2, 0) is 28.7 Å². The summed E-state index contributed by atoms with van der Waals surface area (Å²) in [4.78, 5) is 29.6. The molecule has 0 radical (unpaired) electrons. The highest BCUT2D eigenvalue weighted by atomic mass is 17.1. The van der Waals surface area contributed by atoms with E-state index in [1.54, 1.807) is 13.8 Å². The lowest BCUT2D eigenvalue weighted by Crippen LogP contribution is -2.57. The van der Waals surface area contributed by atoms with Gasteiger partial charge in [0.2, 0.25) is 0 Å². The SMILES string of the molecule is CCC(C(=O)C(C)C(O)C(C)C1OC(CC(=O)OO)C(C)CC1C)C1OC(C)(C2(O)OC(CC)(C(C)O)CC2C)CC1C. The molecule has 3 aliphatic heterocycles. The highest BCUT2D eigenvalue weighted by Crippen LogP contribution is 2.55. The Morgan fingerprint density at radius 1 is 0.977 bits per heavy atom. The van der Waals surface area contributed by atoms with Crippen LogP contribution in [0.3, 0.4) is 0 Å². The number of aliphatic hydroxyl groups excluding tert-OH is 2. The number of aliphatic hydroxyl groups is 3. The quantitative estimate of drug-likeness (QED) is 0.183. The summed E-state index contributed by atoms with van der Waals surface area (Å²) >= 11 is 0. The third kappa shape index (κ3) is 6.71. The van der Waals surface area contributed by atoms with E-state index in [4.69, 9.17) is 19.5 Å². The van der Waals surface area contributed by atoms with Crippen LogP contribution in [0.2, 0.25) is 0 Å². The second kappa shape index (κ2) is 13.7. The topological polar surface area (TPSA) is 152 Å². The van der Waals surface area contributed by atoms with E-state index in [-0.39, 0.29) is 42.0 Å². The molecule has 3 aliphatic rings. The summed E-state index contributed by atoms with van der Waals surface area (Å²) in [5, 5.41) is 42.7. The van der Waals surface area contributed by atoms with Crippen LogP contribution in [0.4, 0.5) is 0 Å². The van der Waals surface area contributed by atoms with Crippen molar-refractivity contribution in [3.05, 3.63) is 0 Å². The fourth-order valence-electron chi connectivity index (χ4n) is 8.60. The molecule has 15 atom stereocenters. The van der Waals surface area contributed by atoms with Crippen LogP contribution in [0.15, 0.2) is 0 Å². The van der Waals surface area contributed by atoms with Crippen LogP contribution < -0.4 is 0 Å². The van der Waals surface area contributed by atoms with E-state index in [0.29, 0.717) is 25.7 Å². The summed E-state index contributed by atoms with van der Waals surface area (Å²) in [6, 6.07) is 0. The lowest BCUT2D eigenvalue weighted by atomic mass is 9.74. The van der Waals surface area contributed by atoms with Crippen molar-refractivity contribution in [1.29, 1.82) is 0 Å². The first kappa shape index (κ1) is 36.3. The van der Waals surface area contributed by atoms with Gasteiger partial charge in [-0.1, -0.05) is 55.4 Å². The van der Waals surface area contributed by atoms with Crippen molar-refractivity contribution in [2.75, 3.05) is 0 Å². The van der Waals surface area contributed by atoms with Crippen molar-refractivity contribution in [2.24, 2.45) is 41.4 Å². The molecule has 0 aromatic heterocycles. The maximum atomic E-state index is 14.0. The van der Waals surface area contributed by atoms with Crippen LogP contribution in [0, 0.1) is 41.4 Å². The van der Waals surface area contributed by atoms with Crippen molar-refractivity contribution in [1.82, 2.24) is 0 Å². The lowest BCUT2D eigenvalue weighted by molar-refractivity contribution is -0.331. The van der Waals surface area contributed by atoms with Gasteiger partial charge in [0.15, 0.2) is 5.79 Å². The molecule has 15 unspecified atom stereocenters. The molecule has 0 aliphatic carbocycles. The predicted octanol–water partition coefficient (Wildman–Crippen LogP) is 4.51. The predicted molar refractivity (Wildman–Crippen MR) is 160 cm³/mol. The molecule has 0 saturated carbocycles. The summed E-state index contributed by atoms with van der Waals surface area (Å²) in [6.07, 6.45) is -0.350. The van der Waals surface area contributed by atoms with Crippen LogP contribution in [0.25, 0.3) is 0 Å². The molecule has 4 N–H and O–H groups in total. The van der Waals surface area contributed by atoms with Gasteiger partial charge >= 0.3 is 5.97 Å². The Hall–Kier alpha value is -1.14. The van der Waals surface area contributed by atoms with E-state index in [1.807, 2.05) is 55.4 Å². The van der Waals surface area contributed by atoms with Crippen LogP contribution in [0.1, 0.15) is 108 Å². The number of carbonyl (C=O) groups excluding carboxylic acids is 2. The Balaban J connectivity index is 1.76. The van der Waals surface area contributed by atoms with E-state index in [9.17, 15) is 24.9 Å². The summed E-state index contributed by atoms with van der Waals surface area (Å²) in [5.74, 6) is -4.28. The van der Waals surface area contributed by atoms with Crippen LogP contribution >= 0.6 is 0 Å². The van der Waals surface area contributed by atoms with Gasteiger partial charge in [-0.2, -0.15) is 5.26 Å². The average Bonchev–Trinajstić information content (AvgIpc) is 3.43. The Bertz CT molecular complexity index is 973. The van der Waals surface area contributed by atoms with Gasteiger partial charge in [0.1, 0.15) is 11.4 Å². The molecule has 43 heavy (non-hydrogen) atoms. The standard InChI is InChI=1S/C33H58O10/c1-11-24(30-19(5)15-31(10,41-30)33(38)20(6)16-32(12-2,43-33)23(9)34)28(37)21(7)27(36)22(8)29-18(4)13-17(3)25(40-29)14-26(35)42-39/h17-25,27,29-30,34,36,38-39H,11-16H2,1-10H3. The summed E-state index contributed by atoms with van der Waals surface area (Å²) in [6.45, 7) is 19.0. The highest BCUT2D eigenvalue weighted by Gasteiger charge is 2.66. The zero-order valence-corrected chi connectivity index (χ0v) is 27.9. The van der Waals surface area contributed by atoms with Crippen LogP contribution in [-0.4, -0.2) is 79.8 Å². The van der Waals surface area contributed by atoms with Gasteiger partial charge in [0.25, 0.3) is 0 Å². The van der Waals surface area contributed by atoms with Crippen molar-refractivity contribution < 1.29 is 49.3 Å². The zero-order chi connectivity index (χ0) is 32.7. The zero-order valence-electron chi connectivity index (χ0n) is 27.9. The van der Waals surface area contributed by atoms with Gasteiger partial charge in [-0.05, 0) is 63.7 Å². The smallest absolute Gasteiger partial charge is 0.344 e. The Morgan fingerprint density at radius 2 is 1.60 bits per heavy atom. The molecule has 3 fully saturated rings. The van der Waals surface area contributed by atoms with Gasteiger partial charge in [-0.25, -0.2) is 4.79 Å². The van der Waals surface area contributed by atoms with Gasteiger partial charge in [-0.15, -0.1) is 0 Å². The Labute approximate surface area is 257 Å². The first-order chi connectivity index (χ1) is 19.9. The second-order valence-electron chi connectivity index (χ2n) is 14.5. The van der Waals surface area contributed by atoms with Gasteiger partial charge in [0.05, 0.1) is 42.5 Å². The minimum Gasteiger partial charge on any atom is -0.392 e. The molecule has 3 saturated heterocycles. The molecular formula is C33H58O10. The summed E-state index contributed by atoms with van der Waals surface area (Å²) in [7, 11) is 0. The Kier molecular flexibility index (Phi) is 11.6. The minimum absolute atomic E-state index is 0.0566. The summed E-state index contributed by atoms with van der Waals surface area (Å²) in [5.41, 5.74) is -1.96. The molecule has 0 aromatic rings. The number of carbonyl (C=O) groups is 2. The average molecular weight is 615 g/mol. The molecule has 3 rings (SSSR count). The molecule has 250 valence electrons. The first-order valence-electron chi connectivity index (χ1n) is 16.4. The van der Waals surface area contributed by atoms with Crippen molar-refractivity contribution in [3.8, 4) is 0 Å². The number of hydrogen-bond acceptors (Lipinski definition) is 10. The number of ether oxygens (including phenoxy) is 3. The third-order valence-electron chi connectivity index (χ3n) is 11.4. The molecule has 0 bridgehead atoms. The number of rotatable bonds is 12. The monoisotopic (exact) mass is 614 g/mol. The van der Waals surface area contributed by atoms with Gasteiger partial charge in [0, 0.05) is 23.7 Å². The molecule has 3 heterocycles. The van der Waals surface area contributed by atoms with Gasteiger partial charge in [-0.3, -0.25) is 4.79 Å². The fraction of sp³-hybridized carbons (Fsp3) is 0.939. The minimum atomic E-state index is -1.63. The number of ketones is 1. The number of hydrogen-bond donors (Lipinski definition) is 4. The van der Waals surface area contributed by atoms with Crippen molar-refractivity contribution in [2.45, 2.75) is 155 Å². The van der Waals surface area contributed by atoms with Crippen molar-refractivity contribution in [3.63, 3.8) is 0 Å². The second-order valence-corrected chi connectivity index (χ2v) is 14.5. The van der Waals surface area contributed by atoms with Gasteiger partial charge < -0.3 is 34.4 Å². The van der Waals surface area contributed by atoms with E-state index in [0.717, 1.165) is 6.42 Å². The first-order valence-corrected chi connectivity index (χ1v) is 16.4. The van der Waals surface area contributed by atoms with Crippen LogP contribution in [0.5, 0.6) is 0 Å². The molecule has 10 nitrogen and oxygen atoms in total. The lowest BCUT2D eigenvalue weighted by Gasteiger charge is -2.44. The molecular weight excluding hydrogens is 556 g/mol. The van der Waals surface area contributed by atoms with E-state index in [1.165, 1.54) is 0 Å².